The lowest BCUT2D eigenvalue weighted by Gasteiger charge is -2.37. The summed E-state index contributed by atoms with van der Waals surface area (Å²) in [4.78, 5) is 88.2. The van der Waals surface area contributed by atoms with Gasteiger partial charge in [-0.05, 0) is 49.3 Å². The highest BCUT2D eigenvalue weighted by molar-refractivity contribution is 6.03. The van der Waals surface area contributed by atoms with E-state index in [1.165, 1.54) is 9.80 Å². The zero-order valence-corrected chi connectivity index (χ0v) is 39.6. The van der Waals surface area contributed by atoms with E-state index < -0.39 is 48.4 Å². The average Bonchev–Trinajstić information content (AvgIpc) is 3.45. The van der Waals surface area contributed by atoms with Gasteiger partial charge >= 0.3 is 0 Å². The molecular formula is C45H77N5O13. The Bertz CT molecular complexity index is 1490. The fraction of sp³-hybridized carbons (Fsp3) is 0.711. The fourth-order valence-corrected chi connectivity index (χ4v) is 5.22. The molecule has 1 aromatic rings. The number of hydrogen-bond donors (Lipinski definition) is 4. The number of likely N-dealkylation sites (tertiary alicyclic amines) is 1. The van der Waals surface area contributed by atoms with Crippen molar-refractivity contribution in [3.8, 4) is 0 Å². The molecule has 18 nitrogen and oxygen atoms in total. The molecule has 2 rings (SSSR count). The summed E-state index contributed by atoms with van der Waals surface area (Å²) in [6, 6.07) is 5.59. The van der Waals surface area contributed by atoms with Crippen LogP contribution in [0.2, 0.25) is 0 Å². The summed E-state index contributed by atoms with van der Waals surface area (Å²) in [6.07, 6.45) is 0.169. The molecule has 1 aliphatic heterocycles. The van der Waals surface area contributed by atoms with Crippen molar-refractivity contribution in [2.45, 2.75) is 107 Å². The van der Waals surface area contributed by atoms with Crippen molar-refractivity contribution >= 4 is 47.6 Å². The van der Waals surface area contributed by atoms with Crippen LogP contribution >= 0.6 is 0 Å². The van der Waals surface area contributed by atoms with Crippen molar-refractivity contribution in [3.63, 3.8) is 0 Å². The van der Waals surface area contributed by atoms with Crippen LogP contribution in [-0.4, -0.2) is 147 Å². The van der Waals surface area contributed by atoms with Gasteiger partial charge in [0.15, 0.2) is 0 Å². The molecule has 18 heteroatoms. The number of aliphatic hydroxyl groups is 1. The molecule has 1 aromatic carbocycles. The van der Waals surface area contributed by atoms with Crippen molar-refractivity contribution in [3.05, 3.63) is 29.8 Å². The largest absolute Gasteiger partial charge is 0.463 e. The van der Waals surface area contributed by atoms with Crippen LogP contribution in [0, 0.1) is 23.7 Å². The fourth-order valence-electron chi connectivity index (χ4n) is 5.22. The Balaban J connectivity index is 0.00000440. The van der Waals surface area contributed by atoms with Crippen LogP contribution in [0.1, 0.15) is 94.6 Å². The van der Waals surface area contributed by atoms with Crippen LogP contribution in [0.5, 0.6) is 0 Å². The number of hydrogen-bond acceptors (Lipinski definition) is 13. The van der Waals surface area contributed by atoms with Gasteiger partial charge < -0.3 is 49.6 Å². The minimum atomic E-state index is -1.10. The zero-order chi connectivity index (χ0) is 48.0. The maximum atomic E-state index is 13.2. The third-order valence-electron chi connectivity index (χ3n) is 8.47. The van der Waals surface area contributed by atoms with Gasteiger partial charge in [-0.3, -0.25) is 38.5 Å². The second-order valence-electron chi connectivity index (χ2n) is 17.3. The molecule has 1 fully saturated rings. The number of benzene rings is 1. The number of amides is 6. The van der Waals surface area contributed by atoms with Gasteiger partial charge in [0.25, 0.3) is 6.47 Å². The van der Waals surface area contributed by atoms with Gasteiger partial charge in [-0.25, -0.2) is 0 Å². The lowest BCUT2D eigenvalue weighted by molar-refractivity contribution is -0.144. The summed E-state index contributed by atoms with van der Waals surface area (Å²) in [5.74, 6) is -1.46. The number of aliphatic hydroxyl groups excluding tert-OH is 1. The molecule has 0 bridgehead atoms. The van der Waals surface area contributed by atoms with Crippen molar-refractivity contribution < 1.29 is 62.4 Å². The lowest BCUT2D eigenvalue weighted by Crippen LogP contribution is -2.57. The quantitative estimate of drug-likeness (QED) is 0.0539. The van der Waals surface area contributed by atoms with Gasteiger partial charge in [-0.2, -0.15) is 0 Å². The SMILES string of the molecule is CC(C)C.CC(C)C.CC1CC(=O)N(CCOCCOCCOCCOCCC(=O)N(CC(=O)NC(C(=O)NCC(=O)Nc2ccc(COC=O)cc2)C(C)C)C(C)(C)CO)C1=O. The molecule has 0 spiro atoms. The van der Waals surface area contributed by atoms with Crippen LogP contribution in [-0.2, 0) is 63.9 Å². The Labute approximate surface area is 374 Å². The Kier molecular flexibility index (Phi) is 30.7. The molecule has 0 aliphatic carbocycles. The first-order valence-electron chi connectivity index (χ1n) is 21.7. The zero-order valence-electron chi connectivity index (χ0n) is 39.6. The first-order valence-corrected chi connectivity index (χ1v) is 21.7. The summed E-state index contributed by atoms with van der Waals surface area (Å²) in [7, 11) is 0. The highest BCUT2D eigenvalue weighted by Crippen LogP contribution is 2.18. The van der Waals surface area contributed by atoms with E-state index in [-0.39, 0.29) is 82.6 Å². The topological polar surface area (TPSA) is 228 Å². The van der Waals surface area contributed by atoms with Gasteiger partial charge in [-0.1, -0.05) is 74.4 Å². The molecule has 1 heterocycles. The molecule has 0 saturated carbocycles. The predicted molar refractivity (Wildman–Crippen MR) is 238 cm³/mol. The minimum absolute atomic E-state index is 0.0427. The van der Waals surface area contributed by atoms with Crippen LogP contribution < -0.4 is 16.0 Å². The van der Waals surface area contributed by atoms with Gasteiger partial charge in [0.2, 0.25) is 35.4 Å². The van der Waals surface area contributed by atoms with E-state index >= 15 is 0 Å². The van der Waals surface area contributed by atoms with E-state index in [0.29, 0.717) is 38.6 Å². The summed E-state index contributed by atoms with van der Waals surface area (Å²) in [5.41, 5.74) is 0.104. The van der Waals surface area contributed by atoms with Gasteiger partial charge in [0.1, 0.15) is 19.2 Å². The minimum Gasteiger partial charge on any atom is -0.463 e. The summed E-state index contributed by atoms with van der Waals surface area (Å²) in [5, 5.41) is 17.8. The van der Waals surface area contributed by atoms with E-state index in [0.717, 1.165) is 17.4 Å². The number of carbonyl (C=O) groups excluding carboxylic acids is 7. The summed E-state index contributed by atoms with van der Waals surface area (Å²) < 4.78 is 26.5. The Morgan fingerprint density at radius 3 is 1.79 bits per heavy atom. The van der Waals surface area contributed by atoms with Crippen LogP contribution in [0.25, 0.3) is 0 Å². The van der Waals surface area contributed by atoms with Gasteiger partial charge in [-0.15, -0.1) is 0 Å². The number of nitrogens with one attached hydrogen (secondary N) is 3. The van der Waals surface area contributed by atoms with Crippen LogP contribution in [0.15, 0.2) is 24.3 Å². The number of anilines is 1. The van der Waals surface area contributed by atoms with E-state index in [4.69, 9.17) is 18.9 Å². The molecule has 0 aromatic heterocycles. The number of imide groups is 1. The second-order valence-corrected chi connectivity index (χ2v) is 17.3. The van der Waals surface area contributed by atoms with E-state index in [1.54, 1.807) is 58.9 Å². The molecule has 1 saturated heterocycles. The molecule has 6 amide bonds. The van der Waals surface area contributed by atoms with Gasteiger partial charge in [0.05, 0.1) is 84.5 Å². The normalized spacial score (nSPS) is 14.1. The van der Waals surface area contributed by atoms with Crippen molar-refractivity contribution in [2.75, 3.05) is 84.4 Å². The number of rotatable bonds is 28. The molecule has 0 radical (unpaired) electrons. The maximum absolute atomic E-state index is 13.2. The van der Waals surface area contributed by atoms with Crippen molar-refractivity contribution in [2.24, 2.45) is 23.7 Å². The van der Waals surface area contributed by atoms with Crippen molar-refractivity contribution in [1.82, 2.24) is 20.4 Å². The molecule has 4 N–H and O–H groups in total. The molecular weight excluding hydrogens is 819 g/mol. The Morgan fingerprint density at radius 1 is 0.825 bits per heavy atom. The Morgan fingerprint density at radius 2 is 1.33 bits per heavy atom. The second kappa shape index (κ2) is 33.1. The standard InChI is InChI=1S/C37H57N5O13.2C4H10/c1-26(2)34(35(49)38-21-30(45)39-29-8-6-28(7-9-29)23-55-25-44)40-31(46)22-42(37(4,5)24-43)32(47)10-12-51-14-16-53-18-19-54-17-15-52-13-11-41-33(48)20-27(3)36(41)50;2*1-4(2)3/h6-9,25-27,34,43H,10-24H2,1-5H3,(H,38,49)(H,39,45)(H,40,46);2*4H,1-3H3. The smallest absolute Gasteiger partial charge is 0.293 e. The molecule has 360 valence electrons. The first kappa shape index (κ1) is 58.5. The summed E-state index contributed by atoms with van der Waals surface area (Å²) >= 11 is 0. The van der Waals surface area contributed by atoms with E-state index in [2.05, 4.69) is 62.2 Å². The van der Waals surface area contributed by atoms with Crippen molar-refractivity contribution in [1.29, 1.82) is 0 Å². The van der Waals surface area contributed by atoms with E-state index in [9.17, 15) is 38.7 Å². The highest BCUT2D eigenvalue weighted by Gasteiger charge is 2.35. The lowest BCUT2D eigenvalue weighted by atomic mass is 10.0. The third kappa shape index (κ3) is 27.3. The number of nitrogens with zero attached hydrogens (tertiary/aromatic N) is 2. The Hall–Kier alpha value is -4.49. The van der Waals surface area contributed by atoms with E-state index in [1.807, 2.05) is 0 Å². The predicted octanol–water partition coefficient (Wildman–Crippen LogP) is 3.33. The van der Waals surface area contributed by atoms with Crippen LogP contribution in [0.3, 0.4) is 0 Å². The number of ether oxygens (including phenoxy) is 5. The third-order valence-corrected chi connectivity index (χ3v) is 8.47. The first-order chi connectivity index (χ1) is 29.7. The number of carbonyl (C=O) groups is 7. The molecule has 63 heavy (non-hydrogen) atoms. The monoisotopic (exact) mass is 896 g/mol. The maximum Gasteiger partial charge on any atom is 0.293 e. The molecule has 1 aliphatic rings. The molecule has 2 atom stereocenters. The summed E-state index contributed by atoms with van der Waals surface area (Å²) in [6.45, 7) is 22.9. The van der Waals surface area contributed by atoms with Gasteiger partial charge in [0, 0.05) is 18.0 Å². The highest BCUT2D eigenvalue weighted by atomic mass is 16.6. The average molecular weight is 896 g/mol. The molecule has 2 unspecified atom stereocenters. The van der Waals surface area contributed by atoms with Crippen LogP contribution in [0.4, 0.5) is 5.69 Å².